The van der Waals surface area contributed by atoms with Crippen LogP contribution in [0.3, 0.4) is 0 Å². The number of halogens is 4. The van der Waals surface area contributed by atoms with Crippen LogP contribution in [0.2, 0.25) is 0 Å². The first-order chi connectivity index (χ1) is 9.81. The van der Waals surface area contributed by atoms with Crippen LogP contribution in [0.4, 0.5) is 18.9 Å². The molecule has 21 heavy (non-hydrogen) atoms. The number of aryl methyl sites for hydroxylation is 1. The van der Waals surface area contributed by atoms with Gasteiger partial charge >= 0.3 is 6.18 Å². The van der Waals surface area contributed by atoms with Gasteiger partial charge in [0.05, 0.1) is 5.56 Å². The maximum atomic E-state index is 12.8. The van der Waals surface area contributed by atoms with Crippen LogP contribution in [0, 0.1) is 0 Å². The van der Waals surface area contributed by atoms with E-state index < -0.39 is 17.6 Å². The maximum absolute atomic E-state index is 12.8. The average molecular weight is 363 g/mol. The van der Waals surface area contributed by atoms with Crippen LogP contribution in [0.5, 0.6) is 0 Å². The second kappa shape index (κ2) is 5.84. The second-order valence-corrected chi connectivity index (χ2v) is 4.96. The Morgan fingerprint density at radius 2 is 2.14 bits per heavy atom. The summed E-state index contributed by atoms with van der Waals surface area (Å²) in [6.07, 6.45) is -3.95. The standard InChI is InChI=1S/C12H10BrF3N4O/c1-2-9-18-10(20-19-9)11(21)17-6-3-4-8(13)7(5-6)12(14,15)16/h3-5H,2H2,1H3,(H,17,21)(H,18,19,20). The first kappa shape index (κ1) is 15.5. The van der Waals surface area contributed by atoms with Gasteiger partial charge in [-0.3, -0.25) is 9.89 Å². The molecular formula is C12H10BrF3N4O. The average Bonchev–Trinajstić information content (AvgIpc) is 2.88. The van der Waals surface area contributed by atoms with Crippen molar-refractivity contribution in [2.45, 2.75) is 19.5 Å². The monoisotopic (exact) mass is 362 g/mol. The van der Waals surface area contributed by atoms with Gasteiger partial charge in [-0.25, -0.2) is 4.98 Å². The van der Waals surface area contributed by atoms with Crippen molar-refractivity contribution in [2.24, 2.45) is 0 Å². The highest BCUT2D eigenvalue weighted by molar-refractivity contribution is 9.10. The zero-order valence-corrected chi connectivity index (χ0v) is 12.3. The van der Waals surface area contributed by atoms with Crippen molar-refractivity contribution < 1.29 is 18.0 Å². The quantitative estimate of drug-likeness (QED) is 0.878. The Bertz CT molecular complexity index is 669. The van der Waals surface area contributed by atoms with Crippen LogP contribution in [-0.4, -0.2) is 21.1 Å². The number of anilines is 1. The van der Waals surface area contributed by atoms with Crippen molar-refractivity contribution in [3.8, 4) is 0 Å². The predicted octanol–water partition coefficient (Wildman–Crippen LogP) is 3.40. The lowest BCUT2D eigenvalue weighted by Gasteiger charge is -2.11. The van der Waals surface area contributed by atoms with Gasteiger partial charge in [0, 0.05) is 16.6 Å². The zero-order chi connectivity index (χ0) is 15.6. The van der Waals surface area contributed by atoms with Gasteiger partial charge in [0.2, 0.25) is 5.82 Å². The van der Waals surface area contributed by atoms with Crippen LogP contribution < -0.4 is 5.32 Å². The molecule has 2 rings (SSSR count). The number of carbonyl (C=O) groups excluding carboxylic acids is 1. The minimum absolute atomic E-state index is 0.0124. The van der Waals surface area contributed by atoms with Crippen LogP contribution in [0.15, 0.2) is 22.7 Å². The minimum atomic E-state index is -4.51. The molecule has 0 atom stereocenters. The Kier molecular flexibility index (Phi) is 4.31. The lowest BCUT2D eigenvalue weighted by Crippen LogP contribution is -2.15. The van der Waals surface area contributed by atoms with Crippen molar-refractivity contribution in [3.05, 3.63) is 39.9 Å². The summed E-state index contributed by atoms with van der Waals surface area (Å²) in [4.78, 5) is 15.7. The Morgan fingerprint density at radius 3 is 2.71 bits per heavy atom. The van der Waals surface area contributed by atoms with Crippen molar-refractivity contribution in [1.29, 1.82) is 0 Å². The molecule has 0 aliphatic carbocycles. The fourth-order valence-corrected chi connectivity index (χ4v) is 2.03. The lowest BCUT2D eigenvalue weighted by molar-refractivity contribution is -0.138. The molecule has 1 amide bonds. The molecule has 0 bridgehead atoms. The molecule has 0 fully saturated rings. The second-order valence-electron chi connectivity index (χ2n) is 4.11. The van der Waals surface area contributed by atoms with Crippen molar-refractivity contribution in [1.82, 2.24) is 15.2 Å². The summed E-state index contributed by atoms with van der Waals surface area (Å²) < 4.78 is 38.2. The molecule has 1 aromatic heterocycles. The number of carbonyl (C=O) groups is 1. The van der Waals surface area contributed by atoms with Crippen molar-refractivity contribution in [2.75, 3.05) is 5.32 Å². The molecule has 0 unspecified atom stereocenters. The van der Waals surface area contributed by atoms with Crippen LogP contribution in [0.1, 0.15) is 28.9 Å². The summed E-state index contributed by atoms with van der Waals surface area (Å²) in [5, 5.41) is 8.58. The molecule has 0 radical (unpaired) electrons. The first-order valence-corrected chi connectivity index (χ1v) is 6.70. The number of nitrogens with zero attached hydrogens (tertiary/aromatic N) is 2. The van der Waals surface area contributed by atoms with E-state index in [0.29, 0.717) is 12.2 Å². The van der Waals surface area contributed by atoms with Crippen LogP contribution in [-0.2, 0) is 12.6 Å². The molecule has 1 aromatic carbocycles. The van der Waals surface area contributed by atoms with Gasteiger partial charge in [-0.2, -0.15) is 13.2 Å². The van der Waals surface area contributed by atoms with E-state index in [2.05, 4.69) is 36.4 Å². The third-order valence-electron chi connectivity index (χ3n) is 2.60. The van der Waals surface area contributed by atoms with E-state index >= 15 is 0 Å². The summed E-state index contributed by atoms with van der Waals surface area (Å²) in [6, 6.07) is 3.41. The summed E-state index contributed by atoms with van der Waals surface area (Å²) in [7, 11) is 0. The summed E-state index contributed by atoms with van der Waals surface area (Å²) >= 11 is 2.83. The highest BCUT2D eigenvalue weighted by Crippen LogP contribution is 2.36. The molecule has 0 saturated heterocycles. The van der Waals surface area contributed by atoms with Crippen LogP contribution >= 0.6 is 15.9 Å². The number of aromatic amines is 1. The Morgan fingerprint density at radius 1 is 1.43 bits per heavy atom. The molecule has 0 saturated carbocycles. The third-order valence-corrected chi connectivity index (χ3v) is 3.29. The highest BCUT2D eigenvalue weighted by atomic mass is 79.9. The van der Waals surface area contributed by atoms with Crippen LogP contribution in [0.25, 0.3) is 0 Å². The Balaban J connectivity index is 2.21. The summed E-state index contributed by atoms with van der Waals surface area (Å²) in [5.74, 6) is -0.281. The van der Waals surface area contributed by atoms with E-state index in [9.17, 15) is 18.0 Å². The maximum Gasteiger partial charge on any atom is 0.417 e. The minimum Gasteiger partial charge on any atom is -0.319 e. The SMILES string of the molecule is CCc1nc(C(=O)Nc2ccc(Br)c(C(F)(F)F)c2)n[nH]1. The molecule has 1 heterocycles. The molecule has 5 nitrogen and oxygen atoms in total. The van der Waals surface area contributed by atoms with Crippen molar-refractivity contribution >= 4 is 27.5 Å². The first-order valence-electron chi connectivity index (χ1n) is 5.90. The lowest BCUT2D eigenvalue weighted by atomic mass is 10.2. The van der Waals surface area contributed by atoms with E-state index in [0.717, 1.165) is 6.07 Å². The molecule has 2 N–H and O–H groups in total. The van der Waals surface area contributed by atoms with E-state index in [1.54, 1.807) is 0 Å². The number of aromatic nitrogens is 3. The molecule has 112 valence electrons. The Labute approximate surface area is 126 Å². The highest BCUT2D eigenvalue weighted by Gasteiger charge is 2.33. The van der Waals surface area contributed by atoms with E-state index in [4.69, 9.17) is 0 Å². The number of benzene rings is 1. The fraction of sp³-hybridized carbons (Fsp3) is 0.250. The molecular weight excluding hydrogens is 353 g/mol. The van der Waals surface area contributed by atoms with Gasteiger partial charge in [-0.05, 0) is 18.2 Å². The van der Waals surface area contributed by atoms with E-state index in [1.807, 2.05) is 6.92 Å². The summed E-state index contributed by atoms with van der Waals surface area (Å²) in [5.41, 5.74) is -0.858. The van der Waals surface area contributed by atoms with Gasteiger partial charge in [-0.1, -0.05) is 22.9 Å². The Hall–Kier alpha value is -1.90. The summed E-state index contributed by atoms with van der Waals surface area (Å²) in [6.45, 7) is 1.83. The number of hydrogen-bond acceptors (Lipinski definition) is 3. The number of alkyl halides is 3. The number of hydrogen-bond donors (Lipinski definition) is 2. The largest absolute Gasteiger partial charge is 0.417 e. The number of rotatable bonds is 3. The molecule has 0 aliphatic rings. The van der Waals surface area contributed by atoms with Gasteiger partial charge in [0.25, 0.3) is 5.91 Å². The number of amides is 1. The van der Waals surface area contributed by atoms with Crippen molar-refractivity contribution in [3.63, 3.8) is 0 Å². The molecule has 0 aliphatic heterocycles. The molecule has 0 spiro atoms. The van der Waals surface area contributed by atoms with E-state index in [-0.39, 0.29) is 16.0 Å². The van der Waals surface area contributed by atoms with Gasteiger partial charge in [0.15, 0.2) is 0 Å². The van der Waals surface area contributed by atoms with Gasteiger partial charge < -0.3 is 5.32 Å². The smallest absolute Gasteiger partial charge is 0.319 e. The molecule has 2 aromatic rings. The number of H-pyrrole nitrogens is 1. The zero-order valence-electron chi connectivity index (χ0n) is 10.8. The molecule has 9 heteroatoms. The topological polar surface area (TPSA) is 70.7 Å². The third kappa shape index (κ3) is 3.60. The van der Waals surface area contributed by atoms with Gasteiger partial charge in [0.1, 0.15) is 5.82 Å². The number of nitrogens with one attached hydrogen (secondary N) is 2. The fourth-order valence-electron chi connectivity index (χ4n) is 1.56. The van der Waals surface area contributed by atoms with Gasteiger partial charge in [-0.15, -0.1) is 5.10 Å². The predicted molar refractivity (Wildman–Crippen MR) is 72.9 cm³/mol. The normalized spacial score (nSPS) is 11.5. The van der Waals surface area contributed by atoms with E-state index in [1.165, 1.54) is 12.1 Å².